The molecule has 1 amide bonds. The zero-order chi connectivity index (χ0) is 28.6. The van der Waals surface area contributed by atoms with Crippen molar-refractivity contribution in [2.24, 2.45) is 5.92 Å². The first-order chi connectivity index (χ1) is 19.3. The van der Waals surface area contributed by atoms with Crippen LogP contribution in [0.2, 0.25) is 0 Å². The van der Waals surface area contributed by atoms with Gasteiger partial charge in [0, 0.05) is 24.5 Å². The summed E-state index contributed by atoms with van der Waals surface area (Å²) in [6, 6.07) is 14.9. The molecule has 40 heavy (non-hydrogen) atoms. The quantitative estimate of drug-likeness (QED) is 0.172. The van der Waals surface area contributed by atoms with Gasteiger partial charge in [-0.1, -0.05) is 26.0 Å². The molecule has 2 heterocycles. The van der Waals surface area contributed by atoms with Gasteiger partial charge in [0.15, 0.2) is 11.5 Å². The molecule has 4 rings (SSSR count). The molecule has 0 radical (unpaired) electrons. The van der Waals surface area contributed by atoms with Gasteiger partial charge in [0.1, 0.15) is 11.5 Å². The third kappa shape index (κ3) is 6.45. The van der Waals surface area contributed by atoms with E-state index < -0.39 is 17.7 Å². The monoisotopic (exact) mass is 544 g/mol. The first kappa shape index (κ1) is 28.7. The summed E-state index contributed by atoms with van der Waals surface area (Å²) in [6.45, 7) is 9.61. The summed E-state index contributed by atoms with van der Waals surface area (Å²) in [5.74, 6) is 0.521. The average molecular weight is 545 g/mol. The normalized spacial score (nSPS) is 16.4. The van der Waals surface area contributed by atoms with Gasteiger partial charge in [-0.15, -0.1) is 0 Å². The van der Waals surface area contributed by atoms with Crippen molar-refractivity contribution in [1.82, 2.24) is 9.88 Å². The lowest BCUT2D eigenvalue weighted by Gasteiger charge is -2.26. The smallest absolute Gasteiger partial charge is 0.295 e. The number of rotatable bonds is 12. The molecule has 210 valence electrons. The highest BCUT2D eigenvalue weighted by Crippen LogP contribution is 2.43. The van der Waals surface area contributed by atoms with Gasteiger partial charge in [0.25, 0.3) is 11.7 Å². The molecule has 8 heteroatoms. The summed E-state index contributed by atoms with van der Waals surface area (Å²) >= 11 is 0. The van der Waals surface area contributed by atoms with Crippen LogP contribution in [0.4, 0.5) is 0 Å². The lowest BCUT2D eigenvalue weighted by atomic mass is 9.94. The van der Waals surface area contributed by atoms with Crippen molar-refractivity contribution in [3.63, 3.8) is 0 Å². The molecule has 2 aromatic carbocycles. The van der Waals surface area contributed by atoms with Crippen molar-refractivity contribution in [2.45, 2.75) is 46.7 Å². The second kappa shape index (κ2) is 13.2. The van der Waals surface area contributed by atoms with Crippen LogP contribution in [0.25, 0.3) is 5.76 Å². The Balaban J connectivity index is 1.80. The van der Waals surface area contributed by atoms with E-state index in [0.717, 1.165) is 12.0 Å². The van der Waals surface area contributed by atoms with E-state index in [4.69, 9.17) is 14.2 Å². The maximum atomic E-state index is 13.5. The topological polar surface area (TPSA) is 98.2 Å². The number of likely N-dealkylation sites (tertiary alicyclic amines) is 1. The summed E-state index contributed by atoms with van der Waals surface area (Å²) < 4.78 is 17.4. The Morgan fingerprint density at radius 3 is 2.38 bits per heavy atom. The first-order valence-electron chi connectivity index (χ1n) is 13.6. The van der Waals surface area contributed by atoms with Crippen molar-refractivity contribution in [3.8, 4) is 17.2 Å². The van der Waals surface area contributed by atoms with E-state index in [1.165, 1.54) is 4.90 Å². The highest BCUT2D eigenvalue weighted by Gasteiger charge is 2.46. The second-order valence-electron chi connectivity index (χ2n) is 9.92. The van der Waals surface area contributed by atoms with E-state index in [-0.39, 0.29) is 17.9 Å². The fraction of sp³-hybridized carbons (Fsp3) is 0.344. The summed E-state index contributed by atoms with van der Waals surface area (Å²) in [5.41, 5.74) is 1.80. The summed E-state index contributed by atoms with van der Waals surface area (Å²) in [4.78, 5) is 32.5. The third-order valence-corrected chi connectivity index (χ3v) is 6.59. The van der Waals surface area contributed by atoms with Gasteiger partial charge < -0.3 is 24.2 Å². The van der Waals surface area contributed by atoms with Crippen molar-refractivity contribution in [1.29, 1.82) is 0 Å². The van der Waals surface area contributed by atoms with Crippen LogP contribution in [-0.4, -0.2) is 46.5 Å². The maximum absolute atomic E-state index is 13.5. The second-order valence-corrected chi connectivity index (χ2v) is 9.92. The number of pyridine rings is 1. The summed E-state index contributed by atoms with van der Waals surface area (Å²) in [6.07, 6.45) is 4.19. The van der Waals surface area contributed by atoms with Gasteiger partial charge in [-0.25, -0.2) is 0 Å². The van der Waals surface area contributed by atoms with Gasteiger partial charge in [0.2, 0.25) is 0 Å². The first-order valence-corrected chi connectivity index (χ1v) is 13.6. The standard InChI is InChI=1S/C32H36N2O6/c1-5-38-25-12-9-23(10-13-25)30(35)28-29(34(32(37)31(28)36)20-22-8-7-16-33-19-22)24-11-14-26(27(18-24)39-6-2)40-17-15-21(3)4/h7-14,16,18-19,21,29,35H,5-6,15,17,20H2,1-4H3/b30-28+. The number of carbonyl (C=O) groups excluding carboxylic acids is 2. The van der Waals surface area contributed by atoms with Crippen molar-refractivity contribution >= 4 is 17.4 Å². The highest BCUT2D eigenvalue weighted by atomic mass is 16.5. The molecule has 1 aromatic heterocycles. The van der Waals surface area contributed by atoms with Crippen LogP contribution in [0.1, 0.15) is 56.8 Å². The van der Waals surface area contributed by atoms with E-state index in [9.17, 15) is 14.7 Å². The highest BCUT2D eigenvalue weighted by molar-refractivity contribution is 6.46. The summed E-state index contributed by atoms with van der Waals surface area (Å²) in [7, 11) is 0. The number of benzene rings is 2. The Labute approximate surface area is 235 Å². The van der Waals surface area contributed by atoms with Crippen molar-refractivity contribution in [2.75, 3.05) is 19.8 Å². The van der Waals surface area contributed by atoms with Crippen molar-refractivity contribution in [3.05, 3.63) is 89.3 Å². The molecule has 0 aliphatic carbocycles. The van der Waals surface area contributed by atoms with Crippen LogP contribution < -0.4 is 14.2 Å². The molecule has 1 aliphatic rings. The Hall–Kier alpha value is -4.33. The van der Waals surface area contributed by atoms with E-state index in [2.05, 4.69) is 18.8 Å². The Morgan fingerprint density at radius 2 is 1.73 bits per heavy atom. The van der Waals surface area contributed by atoms with Crippen LogP contribution >= 0.6 is 0 Å². The predicted molar refractivity (Wildman–Crippen MR) is 152 cm³/mol. The molecular formula is C32H36N2O6. The molecule has 1 saturated heterocycles. The molecular weight excluding hydrogens is 508 g/mol. The van der Waals surface area contributed by atoms with Gasteiger partial charge in [-0.2, -0.15) is 0 Å². The lowest BCUT2D eigenvalue weighted by Crippen LogP contribution is -2.29. The van der Waals surface area contributed by atoms with Crippen LogP contribution in [0, 0.1) is 5.92 Å². The number of ketones is 1. The number of ether oxygens (including phenoxy) is 3. The van der Waals surface area contributed by atoms with E-state index >= 15 is 0 Å². The number of aliphatic hydroxyl groups is 1. The van der Waals surface area contributed by atoms with Gasteiger partial charge in [-0.3, -0.25) is 14.6 Å². The lowest BCUT2D eigenvalue weighted by molar-refractivity contribution is -0.140. The molecule has 1 fully saturated rings. The number of hydrogen-bond donors (Lipinski definition) is 1. The van der Waals surface area contributed by atoms with Crippen LogP contribution in [0.5, 0.6) is 17.2 Å². The zero-order valence-electron chi connectivity index (χ0n) is 23.4. The minimum atomic E-state index is -0.851. The Bertz CT molecular complexity index is 1350. The Kier molecular flexibility index (Phi) is 9.43. The molecule has 1 unspecified atom stereocenters. The number of nitrogens with zero attached hydrogens (tertiary/aromatic N) is 2. The fourth-order valence-corrected chi connectivity index (χ4v) is 4.60. The van der Waals surface area contributed by atoms with Crippen LogP contribution in [-0.2, 0) is 16.1 Å². The number of hydrogen-bond acceptors (Lipinski definition) is 7. The largest absolute Gasteiger partial charge is 0.507 e. The molecule has 8 nitrogen and oxygen atoms in total. The molecule has 0 spiro atoms. The SMILES string of the molecule is CCOc1ccc(/C(O)=C2\C(=O)C(=O)N(Cc3cccnc3)C2c2ccc(OCCC(C)C)c(OCC)c2)cc1. The van der Waals surface area contributed by atoms with E-state index in [1.54, 1.807) is 54.9 Å². The maximum Gasteiger partial charge on any atom is 0.295 e. The molecule has 3 aromatic rings. The number of carbonyl (C=O) groups is 2. The third-order valence-electron chi connectivity index (χ3n) is 6.59. The van der Waals surface area contributed by atoms with E-state index in [1.807, 2.05) is 26.0 Å². The van der Waals surface area contributed by atoms with Gasteiger partial charge >= 0.3 is 0 Å². The predicted octanol–water partition coefficient (Wildman–Crippen LogP) is 5.93. The molecule has 1 atom stereocenters. The number of amides is 1. The fourth-order valence-electron chi connectivity index (χ4n) is 4.60. The van der Waals surface area contributed by atoms with Crippen molar-refractivity contribution < 1.29 is 28.9 Å². The molecule has 0 saturated carbocycles. The molecule has 0 bridgehead atoms. The molecule has 1 N–H and O–H groups in total. The number of aromatic nitrogens is 1. The molecule has 1 aliphatic heterocycles. The average Bonchev–Trinajstić information content (AvgIpc) is 3.19. The van der Waals surface area contributed by atoms with Crippen LogP contribution in [0.15, 0.2) is 72.6 Å². The van der Waals surface area contributed by atoms with E-state index in [0.29, 0.717) is 54.1 Å². The Morgan fingerprint density at radius 1 is 0.975 bits per heavy atom. The minimum absolute atomic E-state index is 0.00831. The number of aliphatic hydroxyl groups excluding tert-OH is 1. The summed E-state index contributed by atoms with van der Waals surface area (Å²) in [5, 5.41) is 11.4. The zero-order valence-corrected chi connectivity index (χ0v) is 23.4. The number of Topliss-reactive ketones (excluding diaryl/α,β-unsaturated/α-hetero) is 1. The van der Waals surface area contributed by atoms with Gasteiger partial charge in [-0.05, 0) is 79.8 Å². The van der Waals surface area contributed by atoms with Crippen LogP contribution in [0.3, 0.4) is 0 Å². The van der Waals surface area contributed by atoms with Gasteiger partial charge in [0.05, 0.1) is 31.4 Å². The minimum Gasteiger partial charge on any atom is -0.507 e.